The van der Waals surface area contributed by atoms with Crippen LogP contribution in [0.2, 0.25) is 0 Å². The molecule has 0 unspecified atom stereocenters. The summed E-state index contributed by atoms with van der Waals surface area (Å²) in [5.74, 6) is 1.88. The van der Waals surface area contributed by atoms with Crippen LogP contribution in [0.25, 0.3) is 20.5 Å². The second-order valence-electron chi connectivity index (χ2n) is 9.80. The number of benzene rings is 3. The lowest BCUT2D eigenvalue weighted by atomic mass is 9.99. The third-order valence-electron chi connectivity index (χ3n) is 6.80. The second kappa shape index (κ2) is 11.9. The molecule has 0 saturated carbocycles. The van der Waals surface area contributed by atoms with Gasteiger partial charge in [-0.15, -0.1) is 11.3 Å². The molecule has 0 amide bonds. The Bertz CT molecular complexity index is 1240. The fraction of sp³-hybridized carbons (Fsp3) is 0.355. The molecule has 1 saturated heterocycles. The van der Waals surface area contributed by atoms with Gasteiger partial charge < -0.3 is 14.4 Å². The van der Waals surface area contributed by atoms with Gasteiger partial charge in [-0.2, -0.15) is 0 Å². The van der Waals surface area contributed by atoms with Crippen molar-refractivity contribution in [1.29, 1.82) is 0 Å². The fourth-order valence-electron chi connectivity index (χ4n) is 4.76. The Morgan fingerprint density at radius 3 is 2.19 bits per heavy atom. The van der Waals surface area contributed by atoms with Crippen molar-refractivity contribution >= 4 is 21.4 Å². The minimum atomic E-state index is 0.698. The van der Waals surface area contributed by atoms with Crippen LogP contribution in [0.5, 0.6) is 11.5 Å². The van der Waals surface area contributed by atoms with Gasteiger partial charge in [-0.05, 0) is 111 Å². The number of hydrogen-bond acceptors (Lipinski definition) is 5. The van der Waals surface area contributed by atoms with Gasteiger partial charge >= 0.3 is 0 Å². The molecule has 0 radical (unpaired) electrons. The maximum atomic E-state index is 6.04. The van der Waals surface area contributed by atoms with Crippen LogP contribution in [-0.2, 0) is 6.42 Å². The summed E-state index contributed by atoms with van der Waals surface area (Å²) in [6.45, 7) is 5.80. The molecular formula is C31H36N2O2S. The van der Waals surface area contributed by atoms with E-state index in [1.165, 1.54) is 57.6 Å². The molecule has 4 nitrogen and oxygen atoms in total. The predicted octanol–water partition coefficient (Wildman–Crippen LogP) is 6.57. The Morgan fingerprint density at radius 1 is 0.806 bits per heavy atom. The molecule has 0 N–H and O–H groups in total. The van der Waals surface area contributed by atoms with Gasteiger partial charge in [-0.25, -0.2) is 0 Å². The highest BCUT2D eigenvalue weighted by Crippen LogP contribution is 2.40. The lowest BCUT2D eigenvalue weighted by Gasteiger charge is -2.15. The van der Waals surface area contributed by atoms with Crippen molar-refractivity contribution in [3.8, 4) is 21.9 Å². The van der Waals surface area contributed by atoms with Gasteiger partial charge in [0.25, 0.3) is 0 Å². The van der Waals surface area contributed by atoms with Crippen LogP contribution in [0.4, 0.5) is 0 Å². The molecule has 188 valence electrons. The molecule has 0 atom stereocenters. The van der Waals surface area contributed by atoms with E-state index in [0.717, 1.165) is 37.6 Å². The quantitative estimate of drug-likeness (QED) is 0.232. The molecule has 0 aliphatic carbocycles. The summed E-state index contributed by atoms with van der Waals surface area (Å²) >= 11 is 1.88. The molecule has 2 heterocycles. The van der Waals surface area contributed by atoms with Gasteiger partial charge in [-0.1, -0.05) is 30.3 Å². The third-order valence-corrected chi connectivity index (χ3v) is 8.06. The summed E-state index contributed by atoms with van der Waals surface area (Å²) in [5.41, 5.74) is 3.93. The number of rotatable bonds is 11. The van der Waals surface area contributed by atoms with Crippen molar-refractivity contribution in [2.24, 2.45) is 0 Å². The van der Waals surface area contributed by atoms with E-state index in [1.54, 1.807) is 0 Å². The van der Waals surface area contributed by atoms with Crippen LogP contribution < -0.4 is 9.47 Å². The number of nitrogens with zero attached hydrogens (tertiary/aromatic N) is 2. The zero-order valence-electron chi connectivity index (χ0n) is 21.4. The number of ether oxygens (including phenoxy) is 2. The van der Waals surface area contributed by atoms with Crippen LogP contribution in [0, 0.1) is 0 Å². The number of hydrogen-bond donors (Lipinski definition) is 0. The zero-order chi connectivity index (χ0) is 24.7. The SMILES string of the molecule is CN(C)CCOc1ccc(Cc2c(-c3ccc(OCCN4CCCC4)cc3)sc3ccccc23)cc1. The van der Waals surface area contributed by atoms with E-state index >= 15 is 0 Å². The van der Waals surface area contributed by atoms with E-state index < -0.39 is 0 Å². The van der Waals surface area contributed by atoms with Gasteiger partial charge in [-0.3, -0.25) is 4.90 Å². The Balaban J connectivity index is 1.30. The molecule has 1 fully saturated rings. The van der Waals surface area contributed by atoms with E-state index in [9.17, 15) is 0 Å². The molecule has 3 aromatic carbocycles. The zero-order valence-corrected chi connectivity index (χ0v) is 22.2. The molecule has 1 aliphatic heterocycles. The molecule has 0 spiro atoms. The van der Waals surface area contributed by atoms with Crippen molar-refractivity contribution in [1.82, 2.24) is 9.80 Å². The Labute approximate surface area is 219 Å². The monoisotopic (exact) mass is 500 g/mol. The van der Waals surface area contributed by atoms with Crippen molar-refractivity contribution in [3.63, 3.8) is 0 Å². The van der Waals surface area contributed by atoms with E-state index in [-0.39, 0.29) is 0 Å². The van der Waals surface area contributed by atoms with Gasteiger partial charge in [0, 0.05) is 22.7 Å². The minimum Gasteiger partial charge on any atom is -0.492 e. The predicted molar refractivity (Wildman–Crippen MR) is 152 cm³/mol. The normalized spacial score (nSPS) is 14.1. The van der Waals surface area contributed by atoms with Crippen molar-refractivity contribution in [2.75, 3.05) is 53.5 Å². The van der Waals surface area contributed by atoms with Crippen LogP contribution in [0.3, 0.4) is 0 Å². The topological polar surface area (TPSA) is 24.9 Å². The maximum Gasteiger partial charge on any atom is 0.119 e. The minimum absolute atomic E-state index is 0.698. The highest BCUT2D eigenvalue weighted by molar-refractivity contribution is 7.22. The maximum absolute atomic E-state index is 6.04. The molecule has 1 aliphatic rings. The van der Waals surface area contributed by atoms with Crippen molar-refractivity contribution < 1.29 is 9.47 Å². The third kappa shape index (κ3) is 6.28. The second-order valence-corrected chi connectivity index (χ2v) is 10.9. The summed E-state index contributed by atoms with van der Waals surface area (Å²) in [6, 6.07) is 26.0. The molecule has 5 rings (SSSR count). The van der Waals surface area contributed by atoms with Crippen LogP contribution >= 0.6 is 11.3 Å². The average molecular weight is 501 g/mol. The van der Waals surface area contributed by atoms with Crippen LogP contribution in [-0.4, -0.2) is 63.3 Å². The van der Waals surface area contributed by atoms with Gasteiger partial charge in [0.1, 0.15) is 24.7 Å². The van der Waals surface area contributed by atoms with E-state index in [1.807, 2.05) is 11.3 Å². The number of likely N-dealkylation sites (tertiary alicyclic amines) is 1. The van der Waals surface area contributed by atoms with Gasteiger partial charge in [0.15, 0.2) is 0 Å². The first-order valence-electron chi connectivity index (χ1n) is 13.0. The smallest absolute Gasteiger partial charge is 0.119 e. The molecule has 0 bridgehead atoms. The largest absolute Gasteiger partial charge is 0.492 e. The Kier molecular flexibility index (Phi) is 8.22. The first-order valence-corrected chi connectivity index (χ1v) is 13.8. The van der Waals surface area contributed by atoms with Gasteiger partial charge in [0.05, 0.1) is 0 Å². The van der Waals surface area contributed by atoms with Crippen LogP contribution in [0.1, 0.15) is 24.0 Å². The summed E-state index contributed by atoms with van der Waals surface area (Å²) in [5, 5.41) is 1.34. The summed E-state index contributed by atoms with van der Waals surface area (Å²) in [4.78, 5) is 5.96. The molecule has 36 heavy (non-hydrogen) atoms. The van der Waals surface area contributed by atoms with Crippen molar-refractivity contribution in [2.45, 2.75) is 19.3 Å². The number of likely N-dealkylation sites (N-methyl/N-ethyl adjacent to an activating group) is 1. The molecule has 5 heteroatoms. The summed E-state index contributed by atoms with van der Waals surface area (Å²) in [6.07, 6.45) is 3.53. The fourth-order valence-corrected chi connectivity index (χ4v) is 5.99. The Hall–Kier alpha value is -2.86. The van der Waals surface area contributed by atoms with E-state index in [4.69, 9.17) is 9.47 Å². The Morgan fingerprint density at radius 2 is 1.47 bits per heavy atom. The number of thiophene rings is 1. The summed E-state index contributed by atoms with van der Waals surface area (Å²) < 4.78 is 13.3. The van der Waals surface area contributed by atoms with Crippen LogP contribution in [0.15, 0.2) is 72.8 Å². The highest BCUT2D eigenvalue weighted by Gasteiger charge is 2.15. The van der Waals surface area contributed by atoms with Crippen molar-refractivity contribution in [3.05, 3.63) is 83.9 Å². The molecule has 4 aromatic rings. The lowest BCUT2D eigenvalue weighted by molar-refractivity contribution is 0.238. The molecule has 1 aromatic heterocycles. The first kappa shape index (κ1) is 24.8. The standard InChI is InChI=1S/C31H36N2O2S/c1-32(2)19-21-34-26-13-9-24(10-14-26)23-29-28-7-3-4-8-30(28)36-31(29)25-11-15-27(16-12-25)35-22-20-33-17-5-6-18-33/h3-4,7-16H,5-6,17-23H2,1-2H3. The average Bonchev–Trinajstić information content (AvgIpc) is 3.54. The molecular weight excluding hydrogens is 464 g/mol. The first-order chi connectivity index (χ1) is 17.7. The van der Waals surface area contributed by atoms with E-state index in [0.29, 0.717) is 6.61 Å². The summed E-state index contributed by atoms with van der Waals surface area (Å²) in [7, 11) is 4.12. The van der Waals surface area contributed by atoms with Gasteiger partial charge in [0.2, 0.25) is 0 Å². The lowest BCUT2D eigenvalue weighted by Crippen LogP contribution is -2.25. The van der Waals surface area contributed by atoms with E-state index in [2.05, 4.69) is 96.7 Å². The highest BCUT2D eigenvalue weighted by atomic mass is 32.1. The number of fused-ring (bicyclic) bond motifs is 1.